The van der Waals surface area contributed by atoms with E-state index >= 15 is 0 Å². The van der Waals surface area contributed by atoms with Gasteiger partial charge in [-0.2, -0.15) is 0 Å². The van der Waals surface area contributed by atoms with Gasteiger partial charge in [0.2, 0.25) is 23.1 Å². The molecule has 2 aliphatic rings. The first-order chi connectivity index (χ1) is 16.1. The van der Waals surface area contributed by atoms with E-state index in [1.54, 1.807) is 0 Å². The summed E-state index contributed by atoms with van der Waals surface area (Å²) < 4.78 is 8.47. The number of aromatic hydroxyl groups is 2. The molecule has 0 amide bonds. The third-order valence-electron chi connectivity index (χ3n) is 5.92. The van der Waals surface area contributed by atoms with Crippen LogP contribution in [0.2, 0.25) is 0 Å². The number of hydrogen-bond donors (Lipinski definition) is 13. The molecule has 2 unspecified atom stereocenters. The molecule has 2 aliphatic heterocycles. The molecular formula is C19H27NO16. The number of fused-ring (bicyclic) bond motifs is 3. The molecule has 204 valence electrons. The van der Waals surface area contributed by atoms with Gasteiger partial charge in [0, 0.05) is 17.7 Å². The SMILES string of the molecule is CC(C)CC1(O)C(=O)C(O)(O)C2c3c(O)c(OC(O)(O)O)c(OC(O)(O)O)c(O)c3CCN2C1(O)O. The zero-order chi connectivity index (χ0) is 27.8. The second kappa shape index (κ2) is 8.31. The van der Waals surface area contributed by atoms with E-state index < -0.39 is 101 Å². The molecule has 0 aromatic heterocycles. The van der Waals surface area contributed by atoms with E-state index in [4.69, 9.17) is 15.3 Å². The van der Waals surface area contributed by atoms with Crippen molar-refractivity contribution in [3.05, 3.63) is 11.1 Å². The minimum Gasteiger partial charge on any atom is -0.504 e. The first-order valence-corrected chi connectivity index (χ1v) is 10.3. The van der Waals surface area contributed by atoms with Crippen LogP contribution < -0.4 is 9.47 Å². The summed E-state index contributed by atoms with van der Waals surface area (Å²) in [5, 5.41) is 131. The van der Waals surface area contributed by atoms with Crippen molar-refractivity contribution < 1.29 is 80.7 Å². The molecule has 0 spiro atoms. The van der Waals surface area contributed by atoms with Gasteiger partial charge in [0.1, 0.15) is 6.04 Å². The van der Waals surface area contributed by atoms with Crippen molar-refractivity contribution in [1.82, 2.24) is 4.90 Å². The molecule has 0 bridgehead atoms. The highest BCUT2D eigenvalue weighted by molar-refractivity contribution is 5.96. The largest absolute Gasteiger partial charge is 0.504 e. The van der Waals surface area contributed by atoms with Crippen LogP contribution in [0.15, 0.2) is 0 Å². The Morgan fingerprint density at radius 1 is 0.917 bits per heavy atom. The highest BCUT2D eigenvalue weighted by Crippen LogP contribution is 2.59. The second-order valence-electron chi connectivity index (χ2n) is 9.09. The van der Waals surface area contributed by atoms with Crippen LogP contribution in [0.3, 0.4) is 0 Å². The van der Waals surface area contributed by atoms with Gasteiger partial charge in [-0.3, -0.25) is 4.79 Å². The maximum Gasteiger partial charge on any atom is 0.453 e. The van der Waals surface area contributed by atoms with E-state index in [0.717, 1.165) is 0 Å². The number of hydrogen-bond acceptors (Lipinski definition) is 17. The molecule has 1 fully saturated rings. The maximum absolute atomic E-state index is 13.0. The molecule has 17 heteroatoms. The molecular weight excluding hydrogens is 498 g/mol. The molecule has 1 aromatic rings. The van der Waals surface area contributed by atoms with Gasteiger partial charge < -0.3 is 75.9 Å². The van der Waals surface area contributed by atoms with Crippen LogP contribution in [-0.2, 0) is 11.2 Å². The van der Waals surface area contributed by atoms with Crippen LogP contribution in [0.25, 0.3) is 0 Å². The summed E-state index contributed by atoms with van der Waals surface area (Å²) in [6.07, 6.45) is -9.44. The molecule has 17 nitrogen and oxygen atoms in total. The average Bonchev–Trinajstić information content (AvgIpc) is 2.69. The first-order valence-electron chi connectivity index (χ1n) is 10.3. The van der Waals surface area contributed by atoms with Crippen molar-refractivity contribution >= 4 is 5.78 Å². The van der Waals surface area contributed by atoms with Crippen molar-refractivity contribution in [2.45, 2.75) is 62.3 Å². The number of nitrogens with zero attached hydrogens (tertiary/aromatic N) is 1. The lowest BCUT2D eigenvalue weighted by molar-refractivity contribution is -0.429. The predicted molar refractivity (Wildman–Crippen MR) is 107 cm³/mol. The van der Waals surface area contributed by atoms with E-state index in [0.29, 0.717) is 4.90 Å². The molecule has 1 saturated heterocycles. The Kier molecular flexibility index (Phi) is 6.51. The number of ether oxygens (including phenoxy) is 2. The zero-order valence-electron chi connectivity index (χ0n) is 18.8. The van der Waals surface area contributed by atoms with Crippen LogP contribution in [0, 0.1) is 5.92 Å². The van der Waals surface area contributed by atoms with Gasteiger partial charge in [-0.25, -0.2) is 4.90 Å². The molecule has 2 atom stereocenters. The summed E-state index contributed by atoms with van der Waals surface area (Å²) >= 11 is 0. The smallest absolute Gasteiger partial charge is 0.453 e. The van der Waals surface area contributed by atoms with E-state index in [2.05, 4.69) is 9.47 Å². The fourth-order valence-corrected chi connectivity index (χ4v) is 4.67. The summed E-state index contributed by atoms with van der Waals surface area (Å²) in [4.78, 5) is 13.4. The minimum absolute atomic E-state index is 0.404. The third kappa shape index (κ3) is 4.34. The maximum atomic E-state index is 13.0. The Bertz CT molecular complexity index is 1060. The number of benzene rings is 1. The van der Waals surface area contributed by atoms with E-state index in [1.807, 2.05) is 0 Å². The monoisotopic (exact) mass is 525 g/mol. The molecule has 2 heterocycles. The number of phenols is 2. The Morgan fingerprint density at radius 2 is 1.39 bits per heavy atom. The first kappa shape index (κ1) is 28.2. The average molecular weight is 525 g/mol. The Morgan fingerprint density at radius 3 is 1.83 bits per heavy atom. The quantitative estimate of drug-likeness (QED) is 0.122. The Balaban J connectivity index is 2.34. The van der Waals surface area contributed by atoms with Crippen LogP contribution in [0.4, 0.5) is 0 Å². The summed E-state index contributed by atoms with van der Waals surface area (Å²) in [6.45, 7) is 2.32. The number of rotatable bonds is 6. The highest BCUT2D eigenvalue weighted by Gasteiger charge is 2.72. The van der Waals surface area contributed by atoms with E-state index in [1.165, 1.54) is 13.8 Å². The lowest BCUT2D eigenvalue weighted by Gasteiger charge is -2.57. The number of ketones is 1. The van der Waals surface area contributed by atoms with Gasteiger partial charge in [-0.15, -0.1) is 0 Å². The normalized spacial score (nSPS) is 25.9. The number of piperidine rings is 1. The summed E-state index contributed by atoms with van der Waals surface area (Å²) in [5.41, 5.74) is -4.66. The summed E-state index contributed by atoms with van der Waals surface area (Å²) in [6, 6.07) is -2.40. The molecule has 1 aromatic carbocycles. The molecule has 0 saturated carbocycles. The fourth-order valence-electron chi connectivity index (χ4n) is 4.67. The summed E-state index contributed by atoms with van der Waals surface area (Å²) in [5.74, 6) is -15.4. The molecule has 3 rings (SSSR count). The van der Waals surface area contributed by atoms with Crippen LogP contribution in [0.5, 0.6) is 23.0 Å². The van der Waals surface area contributed by atoms with Gasteiger partial charge in [0.25, 0.3) is 5.91 Å². The van der Waals surface area contributed by atoms with Gasteiger partial charge in [0.05, 0.1) is 0 Å². The minimum atomic E-state index is -4.15. The van der Waals surface area contributed by atoms with Gasteiger partial charge in [-0.1, -0.05) is 13.8 Å². The summed E-state index contributed by atoms with van der Waals surface area (Å²) in [7, 11) is 0. The predicted octanol–water partition coefficient (Wildman–Crippen LogP) is -5.39. The van der Waals surface area contributed by atoms with Gasteiger partial charge in [-0.05, 0) is 18.8 Å². The molecule has 13 N–H and O–H groups in total. The van der Waals surface area contributed by atoms with Crippen LogP contribution >= 0.6 is 0 Å². The number of aliphatic hydroxyl groups is 11. The number of phenolic OH excluding ortho intramolecular Hbond substituents is 2. The van der Waals surface area contributed by atoms with Crippen molar-refractivity contribution in [2.75, 3.05) is 6.54 Å². The lowest BCUT2D eigenvalue weighted by Crippen LogP contribution is -2.80. The van der Waals surface area contributed by atoms with Crippen molar-refractivity contribution in [3.8, 4) is 23.0 Å². The number of Topliss-reactive ketones (excluding diaryl/α,β-unsaturated/α-hetero) is 1. The fraction of sp³-hybridized carbons (Fsp3) is 0.632. The Hall–Kier alpha value is -2.39. The molecule has 0 aliphatic carbocycles. The second-order valence-corrected chi connectivity index (χ2v) is 9.09. The van der Waals surface area contributed by atoms with Gasteiger partial charge >= 0.3 is 12.3 Å². The Labute approximate surface area is 201 Å². The van der Waals surface area contributed by atoms with E-state index in [9.17, 15) is 55.9 Å². The standard InChI is InChI=1S/C19H27NO16/c1-6(2)5-15(24)14(23)16(25,26)13-8-7(3-4-20(13)17(15,27)28)9(21)11(35-18(29,30)31)12(10(8)22)36-19(32,33)34/h6,13,21-22,24-34H,3-5H2,1-2H3. The van der Waals surface area contributed by atoms with Crippen molar-refractivity contribution in [2.24, 2.45) is 5.92 Å². The molecule has 36 heavy (non-hydrogen) atoms. The van der Waals surface area contributed by atoms with Gasteiger partial charge in [0.15, 0.2) is 17.1 Å². The number of carbonyl (C=O) groups excluding carboxylic acids is 1. The molecule has 0 radical (unpaired) electrons. The van der Waals surface area contributed by atoms with E-state index in [-0.39, 0.29) is 0 Å². The van der Waals surface area contributed by atoms with Crippen LogP contribution in [0.1, 0.15) is 37.4 Å². The van der Waals surface area contributed by atoms with Crippen molar-refractivity contribution in [3.63, 3.8) is 0 Å². The third-order valence-corrected chi connectivity index (χ3v) is 5.92. The number of carbonyl (C=O) groups is 1. The lowest BCUT2D eigenvalue weighted by atomic mass is 9.70. The zero-order valence-corrected chi connectivity index (χ0v) is 18.8. The van der Waals surface area contributed by atoms with Crippen molar-refractivity contribution in [1.29, 1.82) is 0 Å². The highest BCUT2D eigenvalue weighted by atomic mass is 16.9. The van der Waals surface area contributed by atoms with Crippen LogP contribution in [-0.4, -0.2) is 113 Å². The topological polar surface area (TPSA) is 302 Å².